The van der Waals surface area contributed by atoms with Crippen molar-refractivity contribution in [3.05, 3.63) is 224 Å². The highest BCUT2D eigenvalue weighted by molar-refractivity contribution is 7.26. The molecule has 12 rings (SSSR count). The third kappa shape index (κ3) is 6.18. The second-order valence-corrected chi connectivity index (χ2v) is 16.7. The Labute approximate surface area is 357 Å². The van der Waals surface area contributed by atoms with E-state index in [2.05, 4.69) is 217 Å². The molecule has 0 amide bonds. The number of anilines is 3. The monoisotopic (exact) mass is 795 g/mol. The van der Waals surface area contributed by atoms with Gasteiger partial charge in [0.15, 0.2) is 0 Å². The summed E-state index contributed by atoms with van der Waals surface area (Å²) < 4.78 is 9.10. The van der Waals surface area contributed by atoms with Crippen molar-refractivity contribution in [2.24, 2.45) is 0 Å². The Hall–Kier alpha value is -7.72. The summed E-state index contributed by atoms with van der Waals surface area (Å²) in [7, 11) is 0. The molecule has 12 aromatic rings. The van der Waals surface area contributed by atoms with Gasteiger partial charge in [0.1, 0.15) is 11.2 Å². The van der Waals surface area contributed by atoms with E-state index in [1.165, 1.54) is 58.8 Å². The summed E-state index contributed by atoms with van der Waals surface area (Å²) in [4.78, 5) is 2.38. The normalized spacial score (nSPS) is 11.6. The summed E-state index contributed by atoms with van der Waals surface area (Å²) >= 11 is 1.88. The van der Waals surface area contributed by atoms with E-state index in [0.717, 1.165) is 55.7 Å². The molecule has 0 atom stereocenters. The lowest BCUT2D eigenvalue weighted by molar-refractivity contribution is 0.670. The van der Waals surface area contributed by atoms with Crippen LogP contribution < -0.4 is 4.90 Å². The van der Waals surface area contributed by atoms with Crippen molar-refractivity contribution in [2.75, 3.05) is 4.90 Å². The number of furan rings is 1. The third-order valence-corrected chi connectivity index (χ3v) is 13.3. The Kier molecular flexibility index (Phi) is 8.39. The number of hydrogen-bond acceptors (Lipinski definition) is 3. The largest absolute Gasteiger partial charge is 0.455 e. The van der Waals surface area contributed by atoms with Crippen molar-refractivity contribution >= 4 is 81.3 Å². The van der Waals surface area contributed by atoms with Crippen molar-refractivity contribution < 1.29 is 4.42 Å². The summed E-state index contributed by atoms with van der Waals surface area (Å²) in [5, 5.41) is 7.37. The molecule has 0 fully saturated rings. The zero-order valence-corrected chi connectivity index (χ0v) is 33.9. The van der Waals surface area contributed by atoms with Gasteiger partial charge in [-0.3, -0.25) is 0 Å². The lowest BCUT2D eigenvalue weighted by atomic mass is 9.97. The van der Waals surface area contributed by atoms with Crippen LogP contribution in [-0.2, 0) is 0 Å². The SMILES string of the molecule is c1cc(-c2cccc(N(c3ccc(-c4cccc5c4oc4ccccc45)cc3)c3cccc(-c4ccc5ccccc5c4)c3)c2)cc(-c2cccc3c2sc2ccccc23)c1. The number of benzene rings is 10. The van der Waals surface area contributed by atoms with Crippen LogP contribution in [0, 0.1) is 0 Å². The fourth-order valence-electron chi connectivity index (χ4n) is 9.07. The highest BCUT2D eigenvalue weighted by Crippen LogP contribution is 2.43. The van der Waals surface area contributed by atoms with E-state index in [-0.39, 0.29) is 0 Å². The Morgan fingerprint density at radius 1 is 0.328 bits per heavy atom. The van der Waals surface area contributed by atoms with Gasteiger partial charge in [-0.15, -0.1) is 11.3 Å². The van der Waals surface area contributed by atoms with E-state index in [1.54, 1.807) is 0 Å². The van der Waals surface area contributed by atoms with E-state index >= 15 is 0 Å². The first-order valence-electron chi connectivity index (χ1n) is 20.7. The van der Waals surface area contributed by atoms with Gasteiger partial charge in [0, 0.05) is 53.6 Å². The average molecular weight is 796 g/mol. The maximum absolute atomic E-state index is 6.45. The van der Waals surface area contributed by atoms with Gasteiger partial charge in [-0.25, -0.2) is 0 Å². The molecule has 0 aliphatic carbocycles. The molecular weight excluding hydrogens is 759 g/mol. The summed E-state index contributed by atoms with van der Waals surface area (Å²) in [6.07, 6.45) is 0. The number of fused-ring (bicyclic) bond motifs is 7. The summed E-state index contributed by atoms with van der Waals surface area (Å²) in [6, 6.07) is 81.2. The molecule has 2 aromatic heterocycles. The Balaban J connectivity index is 0.969. The summed E-state index contributed by atoms with van der Waals surface area (Å²) in [5.74, 6) is 0. The number of para-hydroxylation sites is 2. The van der Waals surface area contributed by atoms with Gasteiger partial charge in [0.05, 0.1) is 0 Å². The van der Waals surface area contributed by atoms with Gasteiger partial charge < -0.3 is 9.32 Å². The van der Waals surface area contributed by atoms with Crippen LogP contribution in [0.25, 0.3) is 97.4 Å². The van der Waals surface area contributed by atoms with Crippen molar-refractivity contribution in [1.29, 1.82) is 0 Å². The number of thiophene rings is 1. The van der Waals surface area contributed by atoms with E-state index in [4.69, 9.17) is 4.42 Å². The van der Waals surface area contributed by atoms with Crippen LogP contribution in [0.15, 0.2) is 229 Å². The maximum atomic E-state index is 6.45. The summed E-state index contributed by atoms with van der Waals surface area (Å²) in [6.45, 7) is 0. The molecule has 0 bridgehead atoms. The molecule has 10 aromatic carbocycles. The zero-order valence-electron chi connectivity index (χ0n) is 33.1. The zero-order chi connectivity index (χ0) is 40.3. The number of hydrogen-bond donors (Lipinski definition) is 0. The Bertz CT molecular complexity index is 3610. The molecule has 0 aliphatic heterocycles. The smallest absolute Gasteiger partial charge is 0.143 e. The molecule has 0 saturated carbocycles. The molecule has 0 unspecified atom stereocenters. The van der Waals surface area contributed by atoms with Gasteiger partial charge in [-0.05, 0) is 110 Å². The van der Waals surface area contributed by atoms with Crippen LogP contribution in [0.3, 0.4) is 0 Å². The predicted molar refractivity (Wildman–Crippen MR) is 261 cm³/mol. The van der Waals surface area contributed by atoms with Gasteiger partial charge in [0.25, 0.3) is 0 Å². The van der Waals surface area contributed by atoms with Gasteiger partial charge in [-0.1, -0.05) is 164 Å². The molecule has 0 saturated heterocycles. The quantitative estimate of drug-likeness (QED) is 0.160. The van der Waals surface area contributed by atoms with Crippen LogP contribution >= 0.6 is 11.3 Å². The van der Waals surface area contributed by atoms with Crippen LogP contribution in [0.1, 0.15) is 0 Å². The molecule has 0 N–H and O–H groups in total. The highest BCUT2D eigenvalue weighted by atomic mass is 32.1. The fourth-order valence-corrected chi connectivity index (χ4v) is 10.3. The minimum absolute atomic E-state index is 0.904. The van der Waals surface area contributed by atoms with Crippen LogP contribution in [0.5, 0.6) is 0 Å². The average Bonchev–Trinajstić information content (AvgIpc) is 3.91. The second kappa shape index (κ2) is 14.5. The number of nitrogens with zero attached hydrogens (tertiary/aromatic N) is 1. The van der Waals surface area contributed by atoms with E-state index in [1.807, 2.05) is 23.5 Å². The molecular formula is C58H37NOS. The highest BCUT2D eigenvalue weighted by Gasteiger charge is 2.18. The van der Waals surface area contributed by atoms with Crippen molar-refractivity contribution in [3.63, 3.8) is 0 Å². The van der Waals surface area contributed by atoms with Gasteiger partial charge in [-0.2, -0.15) is 0 Å². The van der Waals surface area contributed by atoms with Crippen LogP contribution in [0.2, 0.25) is 0 Å². The Morgan fingerprint density at radius 3 is 1.70 bits per heavy atom. The number of rotatable bonds is 7. The molecule has 3 heteroatoms. The predicted octanol–water partition coefficient (Wildman–Crippen LogP) is 17.2. The first-order valence-corrected chi connectivity index (χ1v) is 21.5. The molecule has 0 spiro atoms. The van der Waals surface area contributed by atoms with Gasteiger partial charge >= 0.3 is 0 Å². The lowest BCUT2D eigenvalue weighted by Crippen LogP contribution is -2.10. The van der Waals surface area contributed by atoms with Crippen molar-refractivity contribution in [3.8, 4) is 44.5 Å². The van der Waals surface area contributed by atoms with Crippen LogP contribution in [0.4, 0.5) is 17.1 Å². The Morgan fingerprint density at radius 2 is 0.902 bits per heavy atom. The van der Waals surface area contributed by atoms with Crippen molar-refractivity contribution in [2.45, 2.75) is 0 Å². The third-order valence-electron chi connectivity index (χ3n) is 12.0. The first kappa shape index (κ1) is 35.2. The van der Waals surface area contributed by atoms with E-state index in [9.17, 15) is 0 Å². The minimum Gasteiger partial charge on any atom is -0.455 e. The van der Waals surface area contributed by atoms with Crippen molar-refractivity contribution in [1.82, 2.24) is 0 Å². The fraction of sp³-hybridized carbons (Fsp3) is 0. The molecule has 0 radical (unpaired) electrons. The second-order valence-electron chi connectivity index (χ2n) is 15.7. The topological polar surface area (TPSA) is 16.4 Å². The molecule has 2 heterocycles. The van der Waals surface area contributed by atoms with Crippen LogP contribution in [-0.4, -0.2) is 0 Å². The molecule has 2 nitrogen and oxygen atoms in total. The maximum Gasteiger partial charge on any atom is 0.143 e. The lowest BCUT2D eigenvalue weighted by Gasteiger charge is -2.27. The minimum atomic E-state index is 0.904. The van der Waals surface area contributed by atoms with E-state index < -0.39 is 0 Å². The molecule has 0 aliphatic rings. The standard InChI is InChI=1S/C58H37NOS/c1-2-13-40-34-44(29-28-38(40)12-1)43-16-9-19-48(37-43)59(46-32-30-39(31-33-46)49-22-10-24-53-51-20-3-5-26-55(51)60-57(49)53)47-18-8-15-42(36-47)41-14-7-17-45(35-41)50-23-11-25-54-52-21-4-6-27-56(52)61-58(50)54/h1-37H. The first-order chi connectivity index (χ1) is 30.2. The van der Waals surface area contributed by atoms with E-state index in [0.29, 0.717) is 0 Å². The molecule has 286 valence electrons. The van der Waals surface area contributed by atoms with Gasteiger partial charge in [0.2, 0.25) is 0 Å². The summed E-state index contributed by atoms with van der Waals surface area (Å²) in [5.41, 5.74) is 14.4. The molecule has 61 heavy (non-hydrogen) atoms.